The van der Waals surface area contributed by atoms with Crippen LogP contribution in [0.25, 0.3) is 11.2 Å². The minimum atomic E-state index is -0.669. The second-order valence-electron chi connectivity index (χ2n) is 2.24. The smallest absolute Gasteiger partial charge is 0.277 e. The van der Waals surface area contributed by atoms with Crippen molar-refractivity contribution in [3.63, 3.8) is 0 Å². The molecule has 0 aliphatic heterocycles. The van der Waals surface area contributed by atoms with Crippen LogP contribution in [0.1, 0.15) is 0 Å². The highest BCUT2D eigenvalue weighted by molar-refractivity contribution is 5.75. The van der Waals surface area contributed by atoms with Crippen molar-refractivity contribution < 1.29 is 15.3 Å². The van der Waals surface area contributed by atoms with Gasteiger partial charge in [-0.15, -0.1) is 0 Å². The molecule has 0 fully saturated rings. The third kappa shape index (κ3) is 1.06. The topological polar surface area (TPSA) is 112 Å². The van der Waals surface area contributed by atoms with Crippen molar-refractivity contribution in [1.29, 1.82) is 0 Å². The number of hydrogen-bond donors (Lipinski definition) is 3. The Hall–Kier alpha value is -2.18. The Morgan fingerprint density at radius 3 is 2.31 bits per heavy atom. The molecule has 0 spiro atoms. The zero-order valence-electron chi connectivity index (χ0n) is 6.21. The van der Waals surface area contributed by atoms with Gasteiger partial charge in [-0.25, -0.2) is 4.98 Å². The van der Waals surface area contributed by atoms with Gasteiger partial charge in [0.05, 0.1) is 0 Å². The summed E-state index contributed by atoms with van der Waals surface area (Å²) in [5.74, 6) is -1.70. The number of aromatic hydroxyl groups is 3. The van der Waals surface area contributed by atoms with Gasteiger partial charge < -0.3 is 15.3 Å². The second kappa shape index (κ2) is 2.41. The minimum Gasteiger partial charge on any atom is -0.492 e. The third-order valence-electron chi connectivity index (χ3n) is 1.41. The average molecular weight is 180 g/mol. The number of hydrogen-bond acceptors (Lipinski definition) is 7. The summed E-state index contributed by atoms with van der Waals surface area (Å²) in [6.45, 7) is 0. The van der Waals surface area contributed by atoms with E-state index in [1.54, 1.807) is 0 Å². The molecule has 7 nitrogen and oxygen atoms in total. The molecule has 0 radical (unpaired) electrons. The van der Waals surface area contributed by atoms with Crippen LogP contribution < -0.4 is 0 Å². The van der Waals surface area contributed by atoms with Gasteiger partial charge in [-0.1, -0.05) is 0 Å². The van der Waals surface area contributed by atoms with E-state index in [0.29, 0.717) is 0 Å². The van der Waals surface area contributed by atoms with Crippen molar-refractivity contribution in [3.8, 4) is 17.6 Å². The first kappa shape index (κ1) is 7.47. The molecular weight excluding hydrogens is 176 g/mol. The van der Waals surface area contributed by atoms with E-state index in [4.69, 9.17) is 15.3 Å². The molecule has 0 aliphatic carbocycles. The molecule has 0 aliphatic rings. The summed E-state index contributed by atoms with van der Waals surface area (Å²) in [5.41, 5.74) is -0.0411. The first-order chi connectivity index (χ1) is 6.18. The second-order valence-corrected chi connectivity index (χ2v) is 2.24. The molecule has 0 aromatic carbocycles. The van der Waals surface area contributed by atoms with Gasteiger partial charge in [0.15, 0.2) is 11.2 Å². The lowest BCUT2D eigenvalue weighted by atomic mass is 10.5. The number of fused-ring (bicyclic) bond motifs is 1. The first-order valence-electron chi connectivity index (χ1n) is 3.28. The van der Waals surface area contributed by atoms with Crippen LogP contribution in [0.15, 0.2) is 6.33 Å². The molecule has 7 heteroatoms. The van der Waals surface area contributed by atoms with E-state index in [-0.39, 0.29) is 11.2 Å². The molecular formula is C6H4N4O3. The largest absolute Gasteiger partial charge is 0.492 e. The van der Waals surface area contributed by atoms with Crippen molar-refractivity contribution in [2.75, 3.05) is 0 Å². The zero-order valence-corrected chi connectivity index (χ0v) is 6.21. The lowest BCUT2D eigenvalue weighted by Crippen LogP contribution is -1.90. The molecule has 3 N–H and O–H groups in total. The Labute approximate surface area is 71.4 Å². The van der Waals surface area contributed by atoms with E-state index in [1.807, 2.05) is 0 Å². The summed E-state index contributed by atoms with van der Waals surface area (Å²) in [4.78, 5) is 14.0. The molecule has 13 heavy (non-hydrogen) atoms. The molecule has 2 aromatic rings. The fourth-order valence-corrected chi connectivity index (χ4v) is 0.849. The van der Waals surface area contributed by atoms with Gasteiger partial charge in [0.25, 0.3) is 11.8 Å². The van der Waals surface area contributed by atoms with Crippen LogP contribution in [0.5, 0.6) is 17.6 Å². The first-order valence-corrected chi connectivity index (χ1v) is 3.28. The molecule has 0 bridgehead atoms. The summed E-state index contributed by atoms with van der Waals surface area (Å²) < 4.78 is 0. The molecule has 66 valence electrons. The molecule has 0 amide bonds. The lowest BCUT2D eigenvalue weighted by Gasteiger charge is -1.98. The molecule has 0 unspecified atom stereocenters. The standard InChI is InChI=1S/C6H4N4O3/c11-4-2-3(7-1-8-4)10-6(13)5(12)9-2/h1H,(H,9,12)(H2,7,8,10,11,13). The van der Waals surface area contributed by atoms with E-state index in [1.165, 1.54) is 0 Å². The highest BCUT2D eigenvalue weighted by atomic mass is 16.3. The Kier molecular flexibility index (Phi) is 1.38. The van der Waals surface area contributed by atoms with E-state index in [2.05, 4.69) is 19.9 Å². The molecule has 0 saturated carbocycles. The molecule has 0 atom stereocenters. The van der Waals surface area contributed by atoms with Crippen LogP contribution in [-0.4, -0.2) is 35.3 Å². The Morgan fingerprint density at radius 1 is 0.846 bits per heavy atom. The fraction of sp³-hybridized carbons (Fsp3) is 0. The predicted octanol–water partition coefficient (Wildman–Crippen LogP) is -0.463. The normalized spacial score (nSPS) is 10.5. The summed E-state index contributed by atoms with van der Waals surface area (Å²) in [5, 5.41) is 27.0. The quantitative estimate of drug-likeness (QED) is 0.502. The van der Waals surface area contributed by atoms with E-state index >= 15 is 0 Å². The van der Waals surface area contributed by atoms with Crippen LogP contribution in [0.2, 0.25) is 0 Å². The highest BCUT2D eigenvalue weighted by Crippen LogP contribution is 2.24. The SMILES string of the molecule is Oc1nc2ncnc(O)c2nc1O. The number of rotatable bonds is 0. The monoisotopic (exact) mass is 180 g/mol. The average Bonchev–Trinajstić information content (AvgIpc) is 2.09. The van der Waals surface area contributed by atoms with E-state index in [9.17, 15) is 0 Å². The summed E-state index contributed by atoms with van der Waals surface area (Å²) in [6.07, 6.45) is 1.07. The van der Waals surface area contributed by atoms with Crippen molar-refractivity contribution >= 4 is 11.2 Å². The van der Waals surface area contributed by atoms with Crippen molar-refractivity contribution in [1.82, 2.24) is 19.9 Å². The molecule has 2 heterocycles. The van der Waals surface area contributed by atoms with Gasteiger partial charge in [-0.05, 0) is 0 Å². The Bertz CT molecular complexity index is 473. The van der Waals surface area contributed by atoms with Crippen molar-refractivity contribution in [3.05, 3.63) is 6.33 Å². The van der Waals surface area contributed by atoms with Gasteiger partial charge >= 0.3 is 0 Å². The Balaban J connectivity index is 2.89. The van der Waals surface area contributed by atoms with Gasteiger partial charge in [-0.2, -0.15) is 15.0 Å². The lowest BCUT2D eigenvalue weighted by molar-refractivity contribution is 0.376. The van der Waals surface area contributed by atoms with Crippen molar-refractivity contribution in [2.45, 2.75) is 0 Å². The third-order valence-corrected chi connectivity index (χ3v) is 1.41. The number of nitrogens with zero attached hydrogens (tertiary/aromatic N) is 4. The minimum absolute atomic E-state index is 0.0165. The van der Waals surface area contributed by atoms with Gasteiger partial charge in [-0.3, -0.25) is 0 Å². The summed E-state index contributed by atoms with van der Waals surface area (Å²) in [6, 6.07) is 0. The highest BCUT2D eigenvalue weighted by Gasteiger charge is 2.10. The summed E-state index contributed by atoms with van der Waals surface area (Å²) >= 11 is 0. The molecule has 2 aromatic heterocycles. The molecule has 2 rings (SSSR count). The zero-order chi connectivity index (χ0) is 9.42. The van der Waals surface area contributed by atoms with Crippen LogP contribution in [0, 0.1) is 0 Å². The van der Waals surface area contributed by atoms with Gasteiger partial charge in [0, 0.05) is 0 Å². The van der Waals surface area contributed by atoms with E-state index in [0.717, 1.165) is 6.33 Å². The maximum atomic E-state index is 9.14. The van der Waals surface area contributed by atoms with E-state index < -0.39 is 17.6 Å². The van der Waals surface area contributed by atoms with Crippen LogP contribution in [0.3, 0.4) is 0 Å². The Morgan fingerprint density at radius 2 is 1.54 bits per heavy atom. The maximum Gasteiger partial charge on any atom is 0.277 e. The number of aromatic nitrogens is 4. The summed E-state index contributed by atoms with van der Waals surface area (Å²) in [7, 11) is 0. The van der Waals surface area contributed by atoms with Gasteiger partial charge in [0.1, 0.15) is 6.33 Å². The van der Waals surface area contributed by atoms with Crippen molar-refractivity contribution in [2.24, 2.45) is 0 Å². The van der Waals surface area contributed by atoms with Crippen LogP contribution in [-0.2, 0) is 0 Å². The molecule has 0 saturated heterocycles. The van der Waals surface area contributed by atoms with Crippen LogP contribution >= 0.6 is 0 Å². The maximum absolute atomic E-state index is 9.14. The van der Waals surface area contributed by atoms with Crippen LogP contribution in [0.4, 0.5) is 0 Å². The fourth-order valence-electron chi connectivity index (χ4n) is 0.849. The predicted molar refractivity (Wildman–Crippen MR) is 40.1 cm³/mol. The van der Waals surface area contributed by atoms with Gasteiger partial charge in [0.2, 0.25) is 5.88 Å².